The summed E-state index contributed by atoms with van der Waals surface area (Å²) in [6.07, 6.45) is 0. The second kappa shape index (κ2) is 8.34. The smallest absolute Gasteiger partial charge is 0.259 e. The third-order valence-corrected chi connectivity index (χ3v) is 5.48. The van der Waals surface area contributed by atoms with Crippen molar-refractivity contribution in [2.75, 3.05) is 17.7 Å². The summed E-state index contributed by atoms with van der Waals surface area (Å²) in [5, 5.41) is 6.12. The molecule has 0 unspecified atom stereocenters. The van der Waals surface area contributed by atoms with E-state index in [1.54, 1.807) is 43.5 Å². The predicted molar refractivity (Wildman–Crippen MR) is 120 cm³/mol. The minimum atomic E-state index is -0.346. The van der Waals surface area contributed by atoms with Gasteiger partial charge in [0.05, 0.1) is 28.6 Å². The van der Waals surface area contributed by atoms with Gasteiger partial charge in [0, 0.05) is 5.56 Å². The number of para-hydroxylation sites is 1. The molecule has 150 valence electrons. The van der Waals surface area contributed by atoms with E-state index in [0.29, 0.717) is 21.9 Å². The van der Waals surface area contributed by atoms with Crippen LogP contribution in [0.15, 0.2) is 66.7 Å². The summed E-state index contributed by atoms with van der Waals surface area (Å²) in [7, 11) is 1.60. The molecule has 1 aromatic heterocycles. The lowest BCUT2D eigenvalue weighted by Crippen LogP contribution is -2.18. The highest BCUT2D eigenvalue weighted by molar-refractivity contribution is 7.22. The van der Waals surface area contributed by atoms with Crippen molar-refractivity contribution in [3.63, 3.8) is 0 Å². The van der Waals surface area contributed by atoms with Gasteiger partial charge in [0.1, 0.15) is 5.75 Å². The first-order valence-electron chi connectivity index (χ1n) is 9.26. The van der Waals surface area contributed by atoms with Crippen LogP contribution >= 0.6 is 11.3 Å². The Labute approximate surface area is 177 Å². The zero-order valence-corrected chi connectivity index (χ0v) is 17.2. The molecule has 4 aromatic rings. The van der Waals surface area contributed by atoms with Crippen LogP contribution in [0.2, 0.25) is 0 Å². The zero-order chi connectivity index (χ0) is 21.1. The first-order valence-corrected chi connectivity index (χ1v) is 10.1. The van der Waals surface area contributed by atoms with Gasteiger partial charge in [-0.3, -0.25) is 14.9 Å². The maximum Gasteiger partial charge on any atom is 0.259 e. The molecular weight excluding hydrogens is 398 g/mol. The molecule has 0 aliphatic rings. The van der Waals surface area contributed by atoms with Crippen LogP contribution in [0.3, 0.4) is 0 Å². The van der Waals surface area contributed by atoms with Gasteiger partial charge in [-0.2, -0.15) is 0 Å². The number of hydrogen-bond donors (Lipinski definition) is 2. The minimum absolute atomic E-state index is 0.276. The fraction of sp³-hybridized carbons (Fsp3) is 0.0870. The molecule has 4 rings (SSSR count). The molecule has 0 aliphatic heterocycles. The van der Waals surface area contributed by atoms with Gasteiger partial charge >= 0.3 is 0 Å². The van der Waals surface area contributed by atoms with Gasteiger partial charge in [-0.15, -0.1) is 0 Å². The number of fused-ring (bicyclic) bond motifs is 1. The number of methoxy groups -OCH3 is 1. The molecule has 2 N–H and O–H groups in total. The normalized spacial score (nSPS) is 10.6. The number of amides is 2. The van der Waals surface area contributed by atoms with Gasteiger partial charge < -0.3 is 10.1 Å². The van der Waals surface area contributed by atoms with Crippen molar-refractivity contribution in [3.8, 4) is 5.75 Å². The van der Waals surface area contributed by atoms with Crippen LogP contribution in [-0.2, 0) is 0 Å². The van der Waals surface area contributed by atoms with E-state index in [0.717, 1.165) is 21.5 Å². The highest BCUT2D eigenvalue weighted by atomic mass is 32.1. The van der Waals surface area contributed by atoms with Crippen LogP contribution in [0.1, 0.15) is 26.3 Å². The number of carbonyl (C=O) groups excluding carboxylic acids is 2. The Bertz CT molecular complexity index is 1230. The molecule has 0 atom stereocenters. The maximum atomic E-state index is 12.9. The number of hydrogen-bond acceptors (Lipinski definition) is 5. The Morgan fingerprint density at radius 2 is 1.70 bits per heavy atom. The number of ether oxygens (including phenoxy) is 1. The molecular formula is C23H19N3O3S. The van der Waals surface area contributed by atoms with Crippen molar-refractivity contribution < 1.29 is 14.3 Å². The van der Waals surface area contributed by atoms with E-state index in [1.165, 1.54) is 11.3 Å². The van der Waals surface area contributed by atoms with Crippen LogP contribution in [0.25, 0.3) is 10.2 Å². The summed E-state index contributed by atoms with van der Waals surface area (Å²) < 4.78 is 6.14. The minimum Gasteiger partial charge on any atom is -0.497 e. The molecule has 0 aliphatic carbocycles. The van der Waals surface area contributed by atoms with E-state index >= 15 is 0 Å². The van der Waals surface area contributed by atoms with Gasteiger partial charge in [0.15, 0.2) is 5.13 Å². The van der Waals surface area contributed by atoms with Crippen molar-refractivity contribution in [2.45, 2.75) is 6.92 Å². The average molecular weight is 417 g/mol. The second-order valence-electron chi connectivity index (χ2n) is 6.67. The van der Waals surface area contributed by atoms with Crippen LogP contribution in [0, 0.1) is 6.92 Å². The Morgan fingerprint density at radius 3 is 2.47 bits per heavy atom. The fourth-order valence-corrected chi connectivity index (χ4v) is 3.83. The largest absolute Gasteiger partial charge is 0.497 e. The number of nitrogens with one attached hydrogen (secondary N) is 2. The van der Waals surface area contributed by atoms with Crippen molar-refractivity contribution >= 4 is 44.2 Å². The molecule has 0 spiro atoms. The lowest BCUT2D eigenvalue weighted by Gasteiger charge is -2.10. The van der Waals surface area contributed by atoms with E-state index in [9.17, 15) is 9.59 Å². The number of carbonyl (C=O) groups is 2. The van der Waals surface area contributed by atoms with Crippen LogP contribution in [0.4, 0.5) is 10.8 Å². The summed E-state index contributed by atoms with van der Waals surface area (Å²) in [4.78, 5) is 29.9. The molecule has 3 aromatic carbocycles. The van der Waals surface area contributed by atoms with Gasteiger partial charge in [0.25, 0.3) is 11.8 Å². The summed E-state index contributed by atoms with van der Waals surface area (Å²) in [6, 6.07) is 19.7. The van der Waals surface area contributed by atoms with E-state index in [1.807, 2.05) is 37.3 Å². The molecule has 2 amide bonds. The first-order chi connectivity index (χ1) is 14.5. The zero-order valence-electron chi connectivity index (χ0n) is 16.4. The molecule has 30 heavy (non-hydrogen) atoms. The molecule has 0 saturated carbocycles. The molecule has 6 nitrogen and oxygen atoms in total. The van der Waals surface area contributed by atoms with E-state index in [2.05, 4.69) is 15.6 Å². The number of anilines is 2. The van der Waals surface area contributed by atoms with E-state index < -0.39 is 0 Å². The highest BCUT2D eigenvalue weighted by Gasteiger charge is 2.16. The summed E-state index contributed by atoms with van der Waals surface area (Å²) in [6.45, 7) is 1.96. The van der Waals surface area contributed by atoms with Crippen LogP contribution < -0.4 is 15.4 Å². The number of thiazole rings is 1. The molecule has 0 saturated heterocycles. The number of rotatable bonds is 5. The van der Waals surface area contributed by atoms with Crippen molar-refractivity contribution in [2.24, 2.45) is 0 Å². The molecule has 0 bridgehead atoms. The lowest BCUT2D eigenvalue weighted by atomic mass is 10.1. The third kappa shape index (κ3) is 4.16. The fourth-order valence-electron chi connectivity index (χ4n) is 2.94. The standard InChI is InChI=1S/C23H19N3O3S/c1-14-7-9-15(10-8-14)21(27)24-18-6-4-3-5-17(18)22(28)26-23-25-19-12-11-16(29-2)13-20(19)30-23/h3-13H,1-2H3,(H,24,27)(H,25,26,28). The summed E-state index contributed by atoms with van der Waals surface area (Å²) in [5.74, 6) is 0.108. The molecule has 0 radical (unpaired) electrons. The number of aromatic nitrogens is 1. The Hall–Kier alpha value is -3.71. The van der Waals surface area contributed by atoms with Crippen molar-refractivity contribution in [1.29, 1.82) is 0 Å². The number of nitrogens with zero attached hydrogens (tertiary/aromatic N) is 1. The average Bonchev–Trinajstić information content (AvgIpc) is 3.15. The SMILES string of the molecule is COc1ccc2nc(NC(=O)c3ccccc3NC(=O)c3ccc(C)cc3)sc2c1. The molecule has 7 heteroatoms. The Balaban J connectivity index is 1.54. The Kier molecular flexibility index (Phi) is 5.45. The molecule has 1 heterocycles. The second-order valence-corrected chi connectivity index (χ2v) is 7.70. The lowest BCUT2D eigenvalue weighted by molar-refractivity contribution is 0.102. The van der Waals surface area contributed by atoms with Crippen molar-refractivity contribution in [1.82, 2.24) is 4.98 Å². The number of benzene rings is 3. The van der Waals surface area contributed by atoms with E-state index in [-0.39, 0.29) is 11.8 Å². The third-order valence-electron chi connectivity index (χ3n) is 4.55. The summed E-state index contributed by atoms with van der Waals surface area (Å²) >= 11 is 1.36. The van der Waals surface area contributed by atoms with Gasteiger partial charge in [-0.05, 0) is 49.4 Å². The van der Waals surface area contributed by atoms with Crippen molar-refractivity contribution in [3.05, 3.63) is 83.4 Å². The Morgan fingerprint density at radius 1 is 0.933 bits per heavy atom. The van der Waals surface area contributed by atoms with Gasteiger partial charge in [-0.1, -0.05) is 41.2 Å². The maximum absolute atomic E-state index is 12.9. The first kappa shape index (κ1) is 19.6. The monoisotopic (exact) mass is 417 g/mol. The van der Waals surface area contributed by atoms with Crippen LogP contribution in [0.5, 0.6) is 5.75 Å². The molecule has 0 fully saturated rings. The van der Waals surface area contributed by atoms with Gasteiger partial charge in [-0.25, -0.2) is 4.98 Å². The quantitative estimate of drug-likeness (QED) is 0.472. The number of aryl methyl sites for hydroxylation is 1. The van der Waals surface area contributed by atoms with E-state index in [4.69, 9.17) is 4.74 Å². The topological polar surface area (TPSA) is 80.3 Å². The van der Waals surface area contributed by atoms with Gasteiger partial charge in [0.2, 0.25) is 0 Å². The summed E-state index contributed by atoms with van der Waals surface area (Å²) in [5.41, 5.74) is 3.16. The van der Waals surface area contributed by atoms with Crippen LogP contribution in [-0.4, -0.2) is 23.9 Å². The predicted octanol–water partition coefficient (Wildman–Crippen LogP) is 5.12. The highest BCUT2D eigenvalue weighted by Crippen LogP contribution is 2.30.